The number of nitrogens with one attached hydrogen (secondary N) is 1. The molecule has 0 spiro atoms. The van der Waals surface area contributed by atoms with Gasteiger partial charge in [0.25, 0.3) is 0 Å². The Morgan fingerprint density at radius 3 is 2.94 bits per heavy atom. The lowest BCUT2D eigenvalue weighted by Gasteiger charge is -2.38. The van der Waals surface area contributed by atoms with Gasteiger partial charge in [-0.25, -0.2) is 0 Å². The van der Waals surface area contributed by atoms with Crippen LogP contribution in [-0.2, 0) is 11.2 Å². The molecule has 1 aromatic rings. The number of fused-ring (bicyclic) bond motifs is 4. The van der Waals surface area contributed by atoms with Gasteiger partial charge in [0.2, 0.25) is 0 Å². The first kappa shape index (κ1) is 12.2. The van der Waals surface area contributed by atoms with Gasteiger partial charge in [0.15, 0.2) is 0 Å². The fourth-order valence-electron chi connectivity index (χ4n) is 3.37. The number of ether oxygens (including phenoxy) is 1. The first-order valence-corrected chi connectivity index (χ1v) is 7.00. The van der Waals surface area contributed by atoms with Crippen LogP contribution in [-0.4, -0.2) is 47.4 Å². The summed E-state index contributed by atoms with van der Waals surface area (Å²) in [4.78, 5) is 2.60. The molecule has 1 saturated heterocycles. The van der Waals surface area contributed by atoms with Crippen LogP contribution < -0.4 is 0 Å². The highest BCUT2D eigenvalue weighted by molar-refractivity contribution is 5.30. The Bertz CT molecular complexity index is 427. The Morgan fingerprint density at radius 1 is 1.33 bits per heavy atom. The van der Waals surface area contributed by atoms with E-state index < -0.39 is 0 Å². The summed E-state index contributed by atoms with van der Waals surface area (Å²) in [6, 6.07) is 0.613. The molecule has 2 bridgehead atoms. The zero-order valence-electron chi connectivity index (χ0n) is 11.6. The highest BCUT2D eigenvalue weighted by Gasteiger charge is 2.32. The number of aromatic nitrogens is 2. The van der Waals surface area contributed by atoms with Crippen molar-refractivity contribution in [2.45, 2.75) is 39.2 Å². The minimum Gasteiger partial charge on any atom is -0.380 e. The van der Waals surface area contributed by atoms with Crippen molar-refractivity contribution in [1.29, 1.82) is 0 Å². The Balaban J connectivity index is 1.99. The van der Waals surface area contributed by atoms with Crippen molar-refractivity contribution in [3.05, 3.63) is 17.0 Å². The van der Waals surface area contributed by atoms with Crippen molar-refractivity contribution in [2.75, 3.05) is 26.3 Å². The molecule has 100 valence electrons. The summed E-state index contributed by atoms with van der Waals surface area (Å²) in [6.07, 6.45) is 1.08. The number of nitrogens with zero attached hydrogens (tertiary/aromatic N) is 2. The van der Waals surface area contributed by atoms with Crippen LogP contribution in [0.25, 0.3) is 0 Å². The van der Waals surface area contributed by atoms with Gasteiger partial charge in [-0.2, -0.15) is 5.10 Å². The van der Waals surface area contributed by atoms with Crippen molar-refractivity contribution in [1.82, 2.24) is 15.1 Å². The van der Waals surface area contributed by atoms with E-state index in [0.29, 0.717) is 17.9 Å². The number of rotatable bonds is 1. The second kappa shape index (κ2) is 4.67. The third kappa shape index (κ3) is 2.08. The molecule has 1 fully saturated rings. The topological polar surface area (TPSA) is 41.1 Å². The molecule has 2 atom stereocenters. The van der Waals surface area contributed by atoms with Crippen LogP contribution in [0.4, 0.5) is 0 Å². The first-order chi connectivity index (χ1) is 8.65. The van der Waals surface area contributed by atoms with Crippen molar-refractivity contribution in [2.24, 2.45) is 5.92 Å². The van der Waals surface area contributed by atoms with Gasteiger partial charge in [0, 0.05) is 42.2 Å². The summed E-state index contributed by atoms with van der Waals surface area (Å²) < 4.78 is 5.88. The van der Waals surface area contributed by atoms with E-state index in [9.17, 15) is 0 Å². The largest absolute Gasteiger partial charge is 0.380 e. The number of H-pyrrole nitrogens is 1. The quantitative estimate of drug-likeness (QED) is 0.824. The maximum atomic E-state index is 5.88. The number of hydrogen-bond donors (Lipinski definition) is 1. The molecule has 4 nitrogen and oxygen atoms in total. The third-order valence-corrected chi connectivity index (χ3v) is 4.33. The van der Waals surface area contributed by atoms with E-state index in [4.69, 9.17) is 4.74 Å². The maximum Gasteiger partial charge on any atom is 0.0630 e. The number of aromatic amines is 1. The molecule has 0 aromatic carbocycles. The normalized spacial score (nSPS) is 28.9. The Hall–Kier alpha value is -0.870. The zero-order valence-corrected chi connectivity index (χ0v) is 11.6. The summed E-state index contributed by atoms with van der Waals surface area (Å²) >= 11 is 0. The van der Waals surface area contributed by atoms with Gasteiger partial charge in [0.05, 0.1) is 18.9 Å². The summed E-state index contributed by atoms with van der Waals surface area (Å²) in [5.41, 5.74) is 3.93. The highest BCUT2D eigenvalue weighted by Crippen LogP contribution is 2.31. The molecule has 2 unspecified atom stereocenters. The van der Waals surface area contributed by atoms with E-state index in [2.05, 4.69) is 35.9 Å². The van der Waals surface area contributed by atoms with Crippen LogP contribution in [0.3, 0.4) is 0 Å². The monoisotopic (exact) mass is 249 g/mol. The van der Waals surface area contributed by atoms with Gasteiger partial charge < -0.3 is 4.74 Å². The minimum absolute atomic E-state index is 0.474. The third-order valence-electron chi connectivity index (χ3n) is 4.33. The molecule has 1 aromatic heterocycles. The standard InChI is InChI=1S/C14H23N3O/c1-9(2)17-5-11-4-13-14(10(3)15-16-13)12(6-17)8-18-7-11/h9,11-12H,4-8H2,1-3H3,(H,15,16). The Morgan fingerprint density at radius 2 is 2.17 bits per heavy atom. The number of aryl methyl sites for hydroxylation is 1. The summed E-state index contributed by atoms with van der Waals surface area (Å²) in [5.74, 6) is 1.06. The van der Waals surface area contributed by atoms with E-state index >= 15 is 0 Å². The molecule has 0 saturated carbocycles. The highest BCUT2D eigenvalue weighted by atomic mass is 16.5. The predicted octanol–water partition coefficient (Wildman–Crippen LogP) is 1.71. The fourth-order valence-corrected chi connectivity index (χ4v) is 3.37. The minimum atomic E-state index is 0.474. The SMILES string of the molecule is Cc1n[nH]c2c1C1COCC(C2)CN(C(C)C)C1. The van der Waals surface area contributed by atoms with E-state index in [0.717, 1.165) is 38.4 Å². The average molecular weight is 249 g/mol. The van der Waals surface area contributed by atoms with E-state index in [1.807, 2.05) is 0 Å². The maximum absolute atomic E-state index is 5.88. The van der Waals surface area contributed by atoms with Crippen LogP contribution >= 0.6 is 0 Å². The lowest BCUT2D eigenvalue weighted by atomic mass is 9.88. The van der Waals surface area contributed by atoms with Crippen molar-refractivity contribution in [3.8, 4) is 0 Å². The fraction of sp³-hybridized carbons (Fsp3) is 0.786. The van der Waals surface area contributed by atoms with Gasteiger partial charge in [-0.3, -0.25) is 10.00 Å². The van der Waals surface area contributed by atoms with Crippen LogP contribution in [0.5, 0.6) is 0 Å². The van der Waals surface area contributed by atoms with Crippen molar-refractivity contribution in [3.63, 3.8) is 0 Å². The molecule has 4 heterocycles. The number of hydrogen-bond acceptors (Lipinski definition) is 3. The van der Waals surface area contributed by atoms with Crippen LogP contribution in [0, 0.1) is 12.8 Å². The van der Waals surface area contributed by atoms with Crippen LogP contribution in [0.15, 0.2) is 0 Å². The second-order valence-electron chi connectivity index (χ2n) is 6.05. The van der Waals surface area contributed by atoms with Gasteiger partial charge in [-0.05, 0) is 27.2 Å². The van der Waals surface area contributed by atoms with Crippen molar-refractivity contribution < 1.29 is 4.74 Å². The lowest BCUT2D eigenvalue weighted by molar-refractivity contribution is 0.0243. The van der Waals surface area contributed by atoms with Gasteiger partial charge in [0.1, 0.15) is 0 Å². The molecule has 0 aliphatic carbocycles. The molecule has 18 heavy (non-hydrogen) atoms. The smallest absolute Gasteiger partial charge is 0.0630 e. The van der Waals surface area contributed by atoms with Crippen LogP contribution in [0.2, 0.25) is 0 Å². The molecule has 4 rings (SSSR count). The molecule has 3 aliphatic heterocycles. The predicted molar refractivity (Wildman–Crippen MR) is 70.8 cm³/mol. The molecule has 0 amide bonds. The average Bonchev–Trinajstić information content (AvgIpc) is 2.56. The molecule has 0 radical (unpaired) electrons. The Kier molecular flexibility index (Phi) is 3.16. The summed E-state index contributed by atoms with van der Waals surface area (Å²) in [6.45, 7) is 10.7. The van der Waals surface area contributed by atoms with E-state index in [-0.39, 0.29) is 0 Å². The molecule has 3 aliphatic rings. The van der Waals surface area contributed by atoms with Gasteiger partial charge >= 0.3 is 0 Å². The first-order valence-electron chi connectivity index (χ1n) is 7.00. The van der Waals surface area contributed by atoms with E-state index in [1.54, 1.807) is 0 Å². The van der Waals surface area contributed by atoms with Gasteiger partial charge in [-0.1, -0.05) is 0 Å². The summed E-state index contributed by atoms with van der Waals surface area (Å²) in [7, 11) is 0. The van der Waals surface area contributed by atoms with E-state index in [1.165, 1.54) is 11.3 Å². The molecular formula is C14H23N3O. The summed E-state index contributed by atoms with van der Waals surface area (Å²) in [5, 5.41) is 7.66. The van der Waals surface area contributed by atoms with Crippen molar-refractivity contribution >= 4 is 0 Å². The lowest BCUT2D eigenvalue weighted by Crippen LogP contribution is -2.44. The zero-order chi connectivity index (χ0) is 12.7. The Labute approximate surface area is 109 Å². The van der Waals surface area contributed by atoms with Crippen LogP contribution in [0.1, 0.15) is 36.7 Å². The van der Waals surface area contributed by atoms with Gasteiger partial charge in [-0.15, -0.1) is 0 Å². The second-order valence-corrected chi connectivity index (χ2v) is 6.05. The molecule has 1 N–H and O–H groups in total. The molecule has 4 heteroatoms. The molecular weight excluding hydrogens is 226 g/mol.